The van der Waals surface area contributed by atoms with Crippen LogP contribution >= 0.6 is 0 Å². The molecule has 0 N–H and O–H groups in total. The third-order valence-corrected chi connectivity index (χ3v) is 7.65. The van der Waals surface area contributed by atoms with Gasteiger partial charge in [0.1, 0.15) is 5.78 Å². The van der Waals surface area contributed by atoms with Gasteiger partial charge in [0.2, 0.25) is 0 Å². The lowest BCUT2D eigenvalue weighted by molar-refractivity contribution is -0.128. The van der Waals surface area contributed by atoms with E-state index in [1.54, 1.807) is 0 Å². The van der Waals surface area contributed by atoms with Crippen LogP contribution in [0.5, 0.6) is 0 Å². The van der Waals surface area contributed by atoms with E-state index in [0.717, 1.165) is 25.7 Å². The number of fused-ring (bicyclic) bond motifs is 3. The fourth-order valence-electron chi connectivity index (χ4n) is 5.24. The zero-order valence-corrected chi connectivity index (χ0v) is 16.8. The number of allylic oxidation sites excluding steroid dienone is 2. The van der Waals surface area contributed by atoms with Crippen molar-refractivity contribution in [1.29, 1.82) is 0 Å². The summed E-state index contributed by atoms with van der Waals surface area (Å²) in [5.74, 6) is 1.19. The van der Waals surface area contributed by atoms with E-state index in [9.17, 15) is 4.79 Å². The minimum atomic E-state index is 0.0255. The molecule has 2 bridgehead atoms. The van der Waals surface area contributed by atoms with Crippen LogP contribution in [0.2, 0.25) is 0 Å². The predicted octanol–water partition coefficient (Wildman–Crippen LogP) is 6.27. The minimum absolute atomic E-state index is 0.0255. The Labute approximate surface area is 163 Å². The van der Waals surface area contributed by atoms with Gasteiger partial charge in [0.05, 0.1) is 0 Å². The van der Waals surface area contributed by atoms with Crippen LogP contribution in [0.4, 0.5) is 0 Å². The van der Waals surface area contributed by atoms with E-state index in [-0.39, 0.29) is 10.8 Å². The smallest absolute Gasteiger partial charge is 0.139 e. The van der Waals surface area contributed by atoms with Crippen molar-refractivity contribution in [2.45, 2.75) is 52.9 Å². The van der Waals surface area contributed by atoms with E-state index < -0.39 is 0 Å². The average molecular weight is 359 g/mol. The Morgan fingerprint density at radius 1 is 0.963 bits per heavy atom. The molecular weight excluding hydrogens is 328 g/mol. The number of benzene rings is 2. The standard InChI is InChI=1S/C16H14.C10H16O/c1-2-6-13(7-3-1)12-15-11-10-14-8-4-5-9-16(14)15;1-9(2)7-4-5-10(9,3)8(11)6-7/h1-9,11H,10,12H2;7H,4-6H2,1-3H3. The number of carbonyl (C=O) groups is 1. The first-order valence-electron chi connectivity index (χ1n) is 10.3. The average Bonchev–Trinajstić information content (AvgIpc) is 3.23. The van der Waals surface area contributed by atoms with Crippen molar-refractivity contribution in [1.82, 2.24) is 0 Å². The number of ketones is 1. The third kappa shape index (κ3) is 3.08. The second-order valence-electron chi connectivity index (χ2n) is 9.17. The summed E-state index contributed by atoms with van der Waals surface area (Å²) in [6.07, 6.45) is 7.76. The fraction of sp³-hybridized carbons (Fsp3) is 0.423. The van der Waals surface area contributed by atoms with Crippen molar-refractivity contribution in [3.05, 3.63) is 77.4 Å². The van der Waals surface area contributed by atoms with Crippen LogP contribution in [0.25, 0.3) is 5.57 Å². The lowest BCUT2D eigenvalue weighted by atomic mass is 9.70. The van der Waals surface area contributed by atoms with E-state index in [0.29, 0.717) is 11.7 Å². The normalized spacial score (nSPS) is 27.0. The Balaban J connectivity index is 0.000000143. The van der Waals surface area contributed by atoms with Crippen LogP contribution in [0.15, 0.2) is 60.7 Å². The van der Waals surface area contributed by atoms with Gasteiger partial charge in [-0.3, -0.25) is 4.79 Å². The molecule has 3 aliphatic carbocycles. The maximum absolute atomic E-state index is 11.6. The maximum atomic E-state index is 11.6. The molecule has 3 aliphatic rings. The highest BCUT2D eigenvalue weighted by Gasteiger charge is 2.61. The Morgan fingerprint density at radius 2 is 1.67 bits per heavy atom. The molecule has 2 saturated carbocycles. The summed E-state index contributed by atoms with van der Waals surface area (Å²) in [6.45, 7) is 6.67. The first-order valence-corrected chi connectivity index (χ1v) is 10.3. The topological polar surface area (TPSA) is 17.1 Å². The van der Waals surface area contributed by atoms with Gasteiger partial charge in [-0.25, -0.2) is 0 Å². The molecule has 1 heteroatoms. The summed E-state index contributed by atoms with van der Waals surface area (Å²) in [6, 6.07) is 19.4. The molecule has 0 aliphatic heterocycles. The van der Waals surface area contributed by atoms with Crippen LogP contribution in [-0.2, 0) is 17.6 Å². The molecular formula is C26H30O. The number of rotatable bonds is 2. The number of hydrogen-bond donors (Lipinski definition) is 0. The largest absolute Gasteiger partial charge is 0.299 e. The SMILES string of the molecule is C1=C(Cc2ccccc2)c2ccccc2C1.CC12CCC(CC1=O)C2(C)C. The first kappa shape index (κ1) is 18.2. The number of Topliss-reactive ketones (excluding diaryl/α,β-unsaturated/α-hetero) is 1. The van der Waals surface area contributed by atoms with Crippen molar-refractivity contribution in [2.75, 3.05) is 0 Å². The van der Waals surface area contributed by atoms with Crippen LogP contribution in [0.1, 0.15) is 56.7 Å². The second-order valence-corrected chi connectivity index (χ2v) is 9.17. The maximum Gasteiger partial charge on any atom is 0.139 e. The van der Waals surface area contributed by atoms with Gasteiger partial charge < -0.3 is 0 Å². The molecule has 0 spiro atoms. The van der Waals surface area contributed by atoms with E-state index in [1.165, 1.54) is 28.7 Å². The first-order chi connectivity index (χ1) is 12.9. The summed E-state index contributed by atoms with van der Waals surface area (Å²) in [4.78, 5) is 11.6. The lowest BCUT2D eigenvalue weighted by Crippen LogP contribution is -2.32. The van der Waals surface area contributed by atoms with Gasteiger partial charge in [-0.1, -0.05) is 81.4 Å². The highest BCUT2D eigenvalue weighted by atomic mass is 16.1. The zero-order valence-electron chi connectivity index (χ0n) is 16.8. The van der Waals surface area contributed by atoms with Crippen molar-refractivity contribution in [3.8, 4) is 0 Å². The van der Waals surface area contributed by atoms with Gasteiger partial charge in [-0.15, -0.1) is 0 Å². The van der Waals surface area contributed by atoms with Crippen LogP contribution in [0, 0.1) is 16.7 Å². The Morgan fingerprint density at radius 3 is 2.26 bits per heavy atom. The molecule has 0 heterocycles. The van der Waals surface area contributed by atoms with E-state index in [4.69, 9.17) is 0 Å². The quantitative estimate of drug-likeness (QED) is 0.618. The third-order valence-electron chi connectivity index (χ3n) is 7.65. The van der Waals surface area contributed by atoms with Crippen molar-refractivity contribution in [3.63, 3.8) is 0 Å². The van der Waals surface area contributed by atoms with Crippen molar-refractivity contribution < 1.29 is 4.79 Å². The summed E-state index contributed by atoms with van der Waals surface area (Å²) in [5.41, 5.74) is 6.08. The molecule has 0 aromatic heterocycles. The van der Waals surface area contributed by atoms with Gasteiger partial charge >= 0.3 is 0 Å². The summed E-state index contributed by atoms with van der Waals surface area (Å²) in [5, 5.41) is 0. The summed E-state index contributed by atoms with van der Waals surface area (Å²) in [7, 11) is 0. The second kappa shape index (κ2) is 6.78. The minimum Gasteiger partial charge on any atom is -0.299 e. The molecule has 0 saturated heterocycles. The molecule has 5 rings (SSSR count). The zero-order chi connectivity index (χ0) is 19.1. The van der Waals surface area contributed by atoms with Crippen LogP contribution in [-0.4, -0.2) is 5.78 Å². The number of carbonyl (C=O) groups excluding carboxylic acids is 1. The van der Waals surface area contributed by atoms with Crippen molar-refractivity contribution in [2.24, 2.45) is 16.7 Å². The molecule has 2 fully saturated rings. The van der Waals surface area contributed by atoms with Gasteiger partial charge in [0.25, 0.3) is 0 Å². The molecule has 0 radical (unpaired) electrons. The highest BCUT2D eigenvalue weighted by Crippen LogP contribution is 2.63. The monoisotopic (exact) mass is 358 g/mol. The molecule has 2 unspecified atom stereocenters. The van der Waals surface area contributed by atoms with Gasteiger partial charge in [-0.2, -0.15) is 0 Å². The molecule has 140 valence electrons. The van der Waals surface area contributed by atoms with E-state index in [2.05, 4.69) is 81.4 Å². The van der Waals surface area contributed by atoms with Gasteiger partial charge in [-0.05, 0) is 59.3 Å². The Bertz CT molecular complexity index is 874. The van der Waals surface area contributed by atoms with E-state index in [1.807, 2.05) is 0 Å². The van der Waals surface area contributed by atoms with Gasteiger partial charge in [0, 0.05) is 11.8 Å². The van der Waals surface area contributed by atoms with Crippen molar-refractivity contribution >= 4 is 11.4 Å². The number of hydrogen-bond acceptors (Lipinski definition) is 1. The summed E-state index contributed by atoms with van der Waals surface area (Å²) < 4.78 is 0. The molecule has 2 aromatic rings. The molecule has 1 nitrogen and oxygen atoms in total. The Hall–Kier alpha value is -2.15. The molecule has 2 atom stereocenters. The lowest BCUT2D eigenvalue weighted by Gasteiger charge is -2.32. The Kier molecular flexibility index (Phi) is 4.58. The van der Waals surface area contributed by atoms with Crippen LogP contribution < -0.4 is 0 Å². The van der Waals surface area contributed by atoms with Gasteiger partial charge in [0.15, 0.2) is 0 Å². The fourth-order valence-corrected chi connectivity index (χ4v) is 5.24. The molecule has 27 heavy (non-hydrogen) atoms. The van der Waals surface area contributed by atoms with E-state index >= 15 is 0 Å². The predicted molar refractivity (Wildman–Crippen MR) is 113 cm³/mol. The highest BCUT2D eigenvalue weighted by molar-refractivity contribution is 5.89. The molecule has 0 amide bonds. The van der Waals surface area contributed by atoms with Crippen LogP contribution in [0.3, 0.4) is 0 Å². The molecule has 2 aromatic carbocycles. The summed E-state index contributed by atoms with van der Waals surface area (Å²) >= 11 is 0.